The predicted molar refractivity (Wildman–Crippen MR) is 77.6 cm³/mol. The summed E-state index contributed by atoms with van der Waals surface area (Å²) in [4.78, 5) is 12.3. The van der Waals surface area contributed by atoms with Crippen molar-refractivity contribution in [2.24, 2.45) is 0 Å². The van der Waals surface area contributed by atoms with Gasteiger partial charge in [-0.3, -0.25) is 4.79 Å². The van der Waals surface area contributed by atoms with Crippen molar-refractivity contribution in [3.63, 3.8) is 0 Å². The minimum atomic E-state index is -0.00244. The lowest BCUT2D eigenvalue weighted by Gasteiger charge is -2.24. The zero-order valence-electron chi connectivity index (χ0n) is 11.0. The van der Waals surface area contributed by atoms with E-state index in [-0.39, 0.29) is 5.78 Å². The summed E-state index contributed by atoms with van der Waals surface area (Å²) in [7, 11) is 0. The average Bonchev–Trinajstić information content (AvgIpc) is 2.75. The molecule has 19 heavy (non-hydrogen) atoms. The quantitative estimate of drug-likeness (QED) is 0.732. The van der Waals surface area contributed by atoms with E-state index in [0.29, 0.717) is 28.6 Å². The molecule has 102 valence electrons. The number of hydrogen-bond donors (Lipinski definition) is 3. The van der Waals surface area contributed by atoms with Crippen LogP contribution in [0.3, 0.4) is 0 Å². The second kappa shape index (κ2) is 6.04. The summed E-state index contributed by atoms with van der Waals surface area (Å²) in [5.41, 5.74) is 6.66. The highest BCUT2D eigenvalue weighted by atomic mass is 32.1. The molecule has 0 saturated carbocycles. The van der Waals surface area contributed by atoms with Crippen molar-refractivity contribution in [2.45, 2.75) is 32.2 Å². The number of piperidine rings is 1. The van der Waals surface area contributed by atoms with Crippen LogP contribution >= 0.6 is 11.3 Å². The Morgan fingerprint density at radius 3 is 2.84 bits per heavy atom. The third-order valence-electron chi connectivity index (χ3n) is 3.31. The molecule has 1 aliphatic heterocycles. The second-order valence-corrected chi connectivity index (χ2v) is 5.63. The fraction of sp³-hybridized carbons (Fsp3) is 0.538. The first-order chi connectivity index (χ1) is 9.17. The van der Waals surface area contributed by atoms with E-state index in [9.17, 15) is 10.1 Å². The van der Waals surface area contributed by atoms with E-state index in [0.717, 1.165) is 30.9 Å². The third-order valence-corrected chi connectivity index (χ3v) is 4.48. The van der Waals surface area contributed by atoms with Gasteiger partial charge in [-0.15, -0.1) is 11.3 Å². The number of rotatable bonds is 4. The van der Waals surface area contributed by atoms with Crippen LogP contribution in [0.15, 0.2) is 0 Å². The Balaban J connectivity index is 2.24. The van der Waals surface area contributed by atoms with E-state index < -0.39 is 0 Å². The van der Waals surface area contributed by atoms with Gasteiger partial charge in [0.05, 0.1) is 10.6 Å². The first-order valence-electron chi connectivity index (χ1n) is 6.50. The number of nitriles is 1. The fourth-order valence-electron chi connectivity index (χ4n) is 2.18. The molecule has 2 rings (SSSR count). The van der Waals surface area contributed by atoms with Gasteiger partial charge >= 0.3 is 0 Å². The van der Waals surface area contributed by atoms with Gasteiger partial charge in [-0.25, -0.2) is 0 Å². The number of hydrogen-bond acceptors (Lipinski definition) is 6. The number of carbonyl (C=O) groups excluding carboxylic acids is 1. The van der Waals surface area contributed by atoms with Crippen LogP contribution in [0.25, 0.3) is 0 Å². The first-order valence-corrected chi connectivity index (χ1v) is 7.31. The predicted octanol–water partition coefficient (Wildman–Crippen LogP) is 1.96. The average molecular weight is 278 g/mol. The first kappa shape index (κ1) is 13.8. The Hall–Kier alpha value is -1.58. The summed E-state index contributed by atoms with van der Waals surface area (Å²) in [6.45, 7) is 3.75. The molecule has 6 heteroatoms. The number of nitrogen functional groups attached to an aromatic ring is 1. The van der Waals surface area contributed by atoms with Gasteiger partial charge in [0.2, 0.25) is 0 Å². The van der Waals surface area contributed by atoms with Crippen molar-refractivity contribution in [1.82, 2.24) is 5.32 Å². The molecule has 1 aromatic heterocycles. The smallest absolute Gasteiger partial charge is 0.174 e. The molecule has 1 fully saturated rings. The lowest BCUT2D eigenvalue weighted by atomic mass is 10.1. The van der Waals surface area contributed by atoms with E-state index in [1.807, 2.05) is 0 Å². The minimum absolute atomic E-state index is 0.00244. The lowest BCUT2D eigenvalue weighted by molar-refractivity contribution is 0.0993. The molecule has 0 bridgehead atoms. The minimum Gasteiger partial charge on any atom is -0.396 e. The number of carbonyl (C=O) groups is 1. The molecule has 4 N–H and O–H groups in total. The fourth-order valence-corrected chi connectivity index (χ4v) is 3.33. The number of anilines is 2. The van der Waals surface area contributed by atoms with Crippen LogP contribution in [-0.4, -0.2) is 24.9 Å². The van der Waals surface area contributed by atoms with E-state index in [1.54, 1.807) is 6.92 Å². The van der Waals surface area contributed by atoms with E-state index in [4.69, 9.17) is 5.73 Å². The van der Waals surface area contributed by atoms with Crippen LogP contribution in [-0.2, 0) is 0 Å². The molecular formula is C13H18N4OS. The van der Waals surface area contributed by atoms with Gasteiger partial charge in [0.15, 0.2) is 5.78 Å². The molecule has 0 radical (unpaired) electrons. The summed E-state index contributed by atoms with van der Waals surface area (Å²) < 4.78 is 0. The molecule has 1 aliphatic rings. The SMILES string of the molecule is CCC(=O)c1sc(NC2CCNCC2)c(C#N)c1N. The monoisotopic (exact) mass is 278 g/mol. The summed E-state index contributed by atoms with van der Waals surface area (Å²) in [6, 6.07) is 2.45. The Labute approximate surface area is 116 Å². The van der Waals surface area contributed by atoms with Crippen LogP contribution in [0, 0.1) is 11.3 Å². The topological polar surface area (TPSA) is 90.9 Å². The largest absolute Gasteiger partial charge is 0.396 e. The highest BCUT2D eigenvalue weighted by molar-refractivity contribution is 7.19. The van der Waals surface area contributed by atoms with Gasteiger partial charge in [-0.1, -0.05) is 6.92 Å². The van der Waals surface area contributed by atoms with Gasteiger partial charge in [0.1, 0.15) is 16.6 Å². The van der Waals surface area contributed by atoms with E-state index >= 15 is 0 Å². The Bertz CT molecular complexity index is 511. The van der Waals surface area contributed by atoms with Gasteiger partial charge in [-0.05, 0) is 25.9 Å². The molecule has 0 aliphatic carbocycles. The van der Waals surface area contributed by atoms with Gasteiger partial charge in [0.25, 0.3) is 0 Å². The maximum Gasteiger partial charge on any atom is 0.174 e. The summed E-state index contributed by atoms with van der Waals surface area (Å²) in [5.74, 6) is -0.00244. The van der Waals surface area contributed by atoms with E-state index in [2.05, 4.69) is 16.7 Å². The molecule has 0 spiro atoms. The molecular weight excluding hydrogens is 260 g/mol. The number of ketones is 1. The molecule has 0 aromatic carbocycles. The maximum atomic E-state index is 11.8. The number of thiophene rings is 1. The van der Waals surface area contributed by atoms with Crippen LogP contribution in [0.1, 0.15) is 41.4 Å². The maximum absolute atomic E-state index is 11.8. The standard InChI is InChI=1S/C13H18N4OS/c1-2-10(18)12-11(15)9(7-14)13(19-12)17-8-3-5-16-6-4-8/h8,16-17H,2-6,15H2,1H3. The normalized spacial score (nSPS) is 16.0. The zero-order chi connectivity index (χ0) is 13.8. The van der Waals surface area contributed by atoms with Crippen molar-refractivity contribution >= 4 is 27.8 Å². The highest BCUT2D eigenvalue weighted by Gasteiger charge is 2.22. The number of nitrogens with two attached hydrogens (primary N) is 1. The molecule has 1 saturated heterocycles. The summed E-state index contributed by atoms with van der Waals surface area (Å²) in [5, 5.41) is 16.6. The number of nitrogens with one attached hydrogen (secondary N) is 2. The van der Waals surface area contributed by atoms with Crippen molar-refractivity contribution in [3.05, 3.63) is 10.4 Å². The van der Waals surface area contributed by atoms with Crippen LogP contribution in [0.2, 0.25) is 0 Å². The summed E-state index contributed by atoms with van der Waals surface area (Å²) in [6.07, 6.45) is 2.43. The van der Waals surface area contributed by atoms with Crippen molar-refractivity contribution < 1.29 is 4.79 Å². The molecule has 0 atom stereocenters. The van der Waals surface area contributed by atoms with Gasteiger partial charge < -0.3 is 16.4 Å². The second-order valence-electron chi connectivity index (χ2n) is 4.61. The van der Waals surface area contributed by atoms with Gasteiger partial charge in [-0.2, -0.15) is 5.26 Å². The van der Waals surface area contributed by atoms with E-state index in [1.165, 1.54) is 11.3 Å². The van der Waals surface area contributed by atoms with Gasteiger partial charge in [0, 0.05) is 12.5 Å². The van der Waals surface area contributed by atoms with Crippen molar-refractivity contribution in [1.29, 1.82) is 5.26 Å². The number of Topliss-reactive ketones (excluding diaryl/α,β-unsaturated/α-hetero) is 1. The Morgan fingerprint density at radius 1 is 1.58 bits per heavy atom. The Morgan fingerprint density at radius 2 is 2.26 bits per heavy atom. The van der Waals surface area contributed by atoms with Crippen molar-refractivity contribution in [2.75, 3.05) is 24.1 Å². The molecule has 0 amide bonds. The van der Waals surface area contributed by atoms with Crippen LogP contribution in [0.5, 0.6) is 0 Å². The molecule has 1 aromatic rings. The molecule has 2 heterocycles. The third kappa shape index (κ3) is 2.88. The van der Waals surface area contributed by atoms with Crippen LogP contribution in [0.4, 0.5) is 10.7 Å². The van der Waals surface area contributed by atoms with Crippen molar-refractivity contribution in [3.8, 4) is 6.07 Å². The number of nitrogens with zero attached hydrogens (tertiary/aromatic N) is 1. The lowest BCUT2D eigenvalue weighted by Crippen LogP contribution is -2.35. The summed E-state index contributed by atoms with van der Waals surface area (Å²) >= 11 is 1.31. The zero-order valence-corrected chi connectivity index (χ0v) is 11.8. The highest BCUT2D eigenvalue weighted by Crippen LogP contribution is 2.36. The molecule has 0 unspecified atom stereocenters. The Kier molecular flexibility index (Phi) is 4.40. The van der Waals surface area contributed by atoms with Crippen LogP contribution < -0.4 is 16.4 Å². The molecule has 5 nitrogen and oxygen atoms in total.